The standard InChI is InChI=1S/C24H31NO4/c1-3-28-23(26)24(14-7-11-20-9-5-4-6-10-20)15-8-16-25(19-24)17-21-12-13-22(29-21)18-27-2/h4-7,9-13H,3,8,14-19H2,1-2H3/b11-7+. The summed E-state index contributed by atoms with van der Waals surface area (Å²) >= 11 is 0. The number of hydrogen-bond acceptors (Lipinski definition) is 5. The lowest BCUT2D eigenvalue weighted by molar-refractivity contribution is -0.159. The highest BCUT2D eigenvalue weighted by Crippen LogP contribution is 2.36. The summed E-state index contributed by atoms with van der Waals surface area (Å²) in [6.07, 6.45) is 6.67. The maximum absolute atomic E-state index is 12.9. The van der Waals surface area contributed by atoms with E-state index in [2.05, 4.69) is 29.2 Å². The molecule has 3 rings (SSSR count). The molecule has 1 fully saturated rings. The fourth-order valence-electron chi connectivity index (χ4n) is 4.00. The Morgan fingerprint density at radius 3 is 2.76 bits per heavy atom. The van der Waals surface area contributed by atoms with E-state index < -0.39 is 5.41 Å². The average molecular weight is 398 g/mol. The second kappa shape index (κ2) is 10.4. The molecule has 1 aliphatic heterocycles. The number of likely N-dealkylation sites (tertiary alicyclic amines) is 1. The fourth-order valence-corrected chi connectivity index (χ4v) is 4.00. The van der Waals surface area contributed by atoms with Crippen LogP contribution in [0.2, 0.25) is 0 Å². The van der Waals surface area contributed by atoms with E-state index >= 15 is 0 Å². The molecule has 0 saturated carbocycles. The summed E-state index contributed by atoms with van der Waals surface area (Å²) in [5.41, 5.74) is 0.627. The summed E-state index contributed by atoms with van der Waals surface area (Å²) in [4.78, 5) is 15.2. The van der Waals surface area contributed by atoms with Gasteiger partial charge in [0.15, 0.2) is 0 Å². The van der Waals surface area contributed by atoms with Crippen LogP contribution in [0, 0.1) is 5.41 Å². The molecule has 1 aromatic carbocycles. The number of carbonyl (C=O) groups is 1. The summed E-state index contributed by atoms with van der Waals surface area (Å²) in [5.74, 6) is 1.63. The van der Waals surface area contributed by atoms with Crippen LogP contribution in [0.4, 0.5) is 0 Å². The van der Waals surface area contributed by atoms with Gasteiger partial charge in [-0.05, 0) is 50.4 Å². The molecule has 0 amide bonds. The molecular formula is C24H31NO4. The van der Waals surface area contributed by atoms with Crippen molar-refractivity contribution in [2.75, 3.05) is 26.8 Å². The van der Waals surface area contributed by atoms with Crippen molar-refractivity contribution < 1.29 is 18.7 Å². The zero-order chi connectivity index (χ0) is 20.5. The van der Waals surface area contributed by atoms with Gasteiger partial charge in [-0.15, -0.1) is 0 Å². The summed E-state index contributed by atoms with van der Waals surface area (Å²) in [6, 6.07) is 14.1. The highest BCUT2D eigenvalue weighted by atomic mass is 16.5. The third-order valence-corrected chi connectivity index (χ3v) is 5.37. The van der Waals surface area contributed by atoms with Crippen LogP contribution in [0.5, 0.6) is 0 Å². The molecule has 0 bridgehead atoms. The van der Waals surface area contributed by atoms with Gasteiger partial charge in [0.1, 0.15) is 18.1 Å². The van der Waals surface area contributed by atoms with Crippen molar-refractivity contribution in [3.63, 3.8) is 0 Å². The first-order valence-electron chi connectivity index (χ1n) is 10.3. The Hall–Kier alpha value is -2.37. The molecule has 1 saturated heterocycles. The van der Waals surface area contributed by atoms with Gasteiger partial charge in [0.25, 0.3) is 0 Å². The molecule has 1 atom stereocenters. The maximum Gasteiger partial charge on any atom is 0.313 e. The Labute approximate surface area is 173 Å². The number of ether oxygens (including phenoxy) is 2. The average Bonchev–Trinajstić information content (AvgIpc) is 3.16. The Morgan fingerprint density at radius 2 is 2.00 bits per heavy atom. The minimum Gasteiger partial charge on any atom is -0.466 e. The smallest absolute Gasteiger partial charge is 0.313 e. The highest BCUT2D eigenvalue weighted by Gasteiger charge is 2.42. The first kappa shape index (κ1) is 21.3. The van der Waals surface area contributed by atoms with Crippen LogP contribution in [-0.2, 0) is 27.4 Å². The van der Waals surface area contributed by atoms with E-state index in [4.69, 9.17) is 13.9 Å². The Kier molecular flexibility index (Phi) is 7.67. The normalized spacial score (nSPS) is 20.2. The van der Waals surface area contributed by atoms with Crippen LogP contribution in [0.25, 0.3) is 6.08 Å². The van der Waals surface area contributed by atoms with Crippen molar-refractivity contribution in [2.24, 2.45) is 5.41 Å². The van der Waals surface area contributed by atoms with Gasteiger partial charge in [-0.1, -0.05) is 42.5 Å². The first-order chi connectivity index (χ1) is 14.1. The van der Waals surface area contributed by atoms with Gasteiger partial charge in [-0.2, -0.15) is 0 Å². The number of methoxy groups -OCH3 is 1. The number of piperidine rings is 1. The quantitative estimate of drug-likeness (QED) is 0.575. The van der Waals surface area contributed by atoms with Crippen molar-refractivity contribution in [2.45, 2.75) is 39.3 Å². The van der Waals surface area contributed by atoms with E-state index in [1.54, 1.807) is 7.11 Å². The second-order valence-electron chi connectivity index (χ2n) is 7.63. The molecule has 156 valence electrons. The van der Waals surface area contributed by atoms with E-state index in [0.29, 0.717) is 32.7 Å². The number of furan rings is 1. The third-order valence-electron chi connectivity index (χ3n) is 5.37. The highest BCUT2D eigenvalue weighted by molar-refractivity contribution is 5.77. The van der Waals surface area contributed by atoms with Crippen LogP contribution in [0.15, 0.2) is 53.0 Å². The molecule has 0 N–H and O–H groups in total. The minimum atomic E-state index is -0.512. The predicted octanol–water partition coefficient (Wildman–Crippen LogP) is 4.67. The molecular weight excluding hydrogens is 366 g/mol. The lowest BCUT2D eigenvalue weighted by atomic mass is 9.76. The lowest BCUT2D eigenvalue weighted by Crippen LogP contribution is -2.48. The van der Waals surface area contributed by atoms with Gasteiger partial charge < -0.3 is 13.9 Å². The lowest BCUT2D eigenvalue weighted by Gasteiger charge is -2.40. The van der Waals surface area contributed by atoms with E-state index in [1.165, 1.54) is 0 Å². The van der Waals surface area contributed by atoms with Crippen molar-refractivity contribution in [1.29, 1.82) is 0 Å². The number of allylic oxidation sites excluding steroid dienone is 1. The third kappa shape index (κ3) is 5.81. The maximum atomic E-state index is 12.9. The molecule has 2 aromatic rings. The minimum absolute atomic E-state index is 0.0954. The predicted molar refractivity (Wildman–Crippen MR) is 113 cm³/mol. The molecule has 0 aliphatic carbocycles. The van der Waals surface area contributed by atoms with Gasteiger partial charge in [0.2, 0.25) is 0 Å². The SMILES string of the molecule is CCOC(=O)C1(C/C=C/c2ccccc2)CCCN(Cc2ccc(COC)o2)C1. The van der Waals surface area contributed by atoms with Crippen molar-refractivity contribution in [3.05, 3.63) is 65.6 Å². The van der Waals surface area contributed by atoms with E-state index in [1.807, 2.05) is 37.3 Å². The Bertz CT molecular complexity index is 798. The van der Waals surface area contributed by atoms with Crippen LogP contribution in [0.3, 0.4) is 0 Å². The number of carbonyl (C=O) groups excluding carboxylic acids is 1. The number of nitrogens with zero attached hydrogens (tertiary/aromatic N) is 1. The molecule has 1 unspecified atom stereocenters. The van der Waals surface area contributed by atoms with E-state index in [-0.39, 0.29) is 5.97 Å². The van der Waals surface area contributed by atoms with E-state index in [9.17, 15) is 4.79 Å². The molecule has 0 radical (unpaired) electrons. The molecule has 29 heavy (non-hydrogen) atoms. The molecule has 1 aliphatic rings. The molecule has 5 nitrogen and oxygen atoms in total. The van der Waals surface area contributed by atoms with Gasteiger partial charge in [0.05, 0.1) is 18.6 Å². The monoisotopic (exact) mass is 397 g/mol. The van der Waals surface area contributed by atoms with E-state index in [0.717, 1.165) is 36.5 Å². The second-order valence-corrected chi connectivity index (χ2v) is 7.63. The van der Waals surface area contributed by atoms with Crippen molar-refractivity contribution in [3.8, 4) is 0 Å². The van der Waals surface area contributed by atoms with Crippen molar-refractivity contribution >= 4 is 12.0 Å². The molecule has 2 heterocycles. The first-order valence-corrected chi connectivity index (χ1v) is 10.3. The zero-order valence-corrected chi connectivity index (χ0v) is 17.4. The topological polar surface area (TPSA) is 51.9 Å². The largest absolute Gasteiger partial charge is 0.466 e. The summed E-state index contributed by atoms with van der Waals surface area (Å²) in [5, 5.41) is 0. The van der Waals surface area contributed by atoms with Gasteiger partial charge in [-0.25, -0.2) is 0 Å². The van der Waals surface area contributed by atoms with Gasteiger partial charge in [0, 0.05) is 13.7 Å². The van der Waals surface area contributed by atoms with Crippen LogP contribution in [0.1, 0.15) is 43.3 Å². The van der Waals surface area contributed by atoms with Crippen LogP contribution >= 0.6 is 0 Å². The number of esters is 1. The van der Waals surface area contributed by atoms with Crippen LogP contribution in [-0.4, -0.2) is 37.7 Å². The fraction of sp³-hybridized carbons (Fsp3) is 0.458. The molecule has 0 spiro atoms. The zero-order valence-electron chi connectivity index (χ0n) is 17.4. The number of rotatable bonds is 9. The summed E-state index contributed by atoms with van der Waals surface area (Å²) < 4.78 is 16.5. The summed E-state index contributed by atoms with van der Waals surface area (Å²) in [7, 11) is 1.66. The van der Waals surface area contributed by atoms with Crippen LogP contribution < -0.4 is 0 Å². The number of hydrogen-bond donors (Lipinski definition) is 0. The number of benzene rings is 1. The van der Waals surface area contributed by atoms with Gasteiger partial charge >= 0.3 is 5.97 Å². The van der Waals surface area contributed by atoms with Crippen molar-refractivity contribution in [1.82, 2.24) is 4.90 Å². The molecule has 5 heteroatoms. The van der Waals surface area contributed by atoms with Gasteiger partial charge in [-0.3, -0.25) is 9.69 Å². The summed E-state index contributed by atoms with van der Waals surface area (Å²) in [6.45, 7) is 5.05. The Balaban J connectivity index is 1.70. The Morgan fingerprint density at radius 1 is 1.21 bits per heavy atom. The molecule has 1 aromatic heterocycles.